The van der Waals surface area contributed by atoms with Gasteiger partial charge in [0.1, 0.15) is 21.4 Å². The molecule has 0 aromatic heterocycles. The number of carbonyl (C=O) groups excluding carboxylic acids is 3. The van der Waals surface area contributed by atoms with Crippen LogP contribution >= 0.6 is 11.3 Å². The summed E-state index contributed by atoms with van der Waals surface area (Å²) in [5.41, 5.74) is -0.958. The van der Waals surface area contributed by atoms with Crippen LogP contribution in [0.15, 0.2) is 21.9 Å². The molecule has 11 heteroatoms. The molecule has 0 radical (unpaired) electrons. The molecule has 5 aliphatic rings. The third kappa shape index (κ3) is 1.74. The summed E-state index contributed by atoms with van der Waals surface area (Å²) in [6.45, 7) is 0. The van der Waals surface area contributed by atoms with Crippen molar-refractivity contribution in [3.63, 3.8) is 0 Å². The second-order valence-corrected chi connectivity index (χ2v) is 7.70. The van der Waals surface area contributed by atoms with Crippen LogP contribution < -0.4 is 15.4 Å². The first-order valence-electron chi connectivity index (χ1n) is 8.22. The van der Waals surface area contributed by atoms with E-state index in [9.17, 15) is 29.4 Å². The maximum absolute atomic E-state index is 13.2. The van der Waals surface area contributed by atoms with Crippen LogP contribution in [-0.4, -0.2) is 62.6 Å². The van der Waals surface area contributed by atoms with Gasteiger partial charge in [-0.2, -0.15) is 0 Å². The van der Waals surface area contributed by atoms with Gasteiger partial charge in [-0.3, -0.25) is 23.9 Å². The van der Waals surface area contributed by atoms with Crippen LogP contribution in [0.4, 0.5) is 4.79 Å². The van der Waals surface area contributed by atoms with Crippen molar-refractivity contribution in [1.29, 1.82) is 0 Å². The Morgan fingerprint density at radius 2 is 1.82 bits per heavy atom. The van der Waals surface area contributed by atoms with Crippen molar-refractivity contribution in [1.82, 2.24) is 14.4 Å². The highest BCUT2D eigenvalue weighted by atomic mass is 32.1. The average molecular weight is 400 g/mol. The van der Waals surface area contributed by atoms with Gasteiger partial charge in [-0.25, -0.2) is 9.79 Å². The minimum atomic E-state index is -0.974. The van der Waals surface area contributed by atoms with E-state index in [1.807, 2.05) is 0 Å². The van der Waals surface area contributed by atoms with Gasteiger partial charge in [0.05, 0.1) is 10.8 Å². The number of aliphatic hydroxyl groups is 1. The van der Waals surface area contributed by atoms with Gasteiger partial charge in [-0.05, 0) is 12.2 Å². The zero-order valence-corrected chi connectivity index (χ0v) is 15.4. The van der Waals surface area contributed by atoms with E-state index in [2.05, 4.69) is 4.99 Å². The quantitative estimate of drug-likeness (QED) is 0.570. The highest BCUT2D eigenvalue weighted by Crippen LogP contribution is 2.31. The number of aromatic hydroxyl groups is 1. The number of amides is 3. The standard InChI is InChI=1S/C17H12N4O6S/c1-19-14-10(15(26)20(2)17(19)27)21-9-11(24)7-5(22)3-4-6(23)8(7)12(25)13(9)28-16(21)18-14/h3-4,10,14,22,25H,1-2H3. The monoisotopic (exact) mass is 400 g/mol. The molecule has 2 N–H and O–H groups in total. The molecule has 0 spiro atoms. The lowest BCUT2D eigenvalue weighted by Gasteiger charge is -2.37. The number of likely N-dealkylation sites (N-methyl/N-ethyl adjacent to an activating group) is 2. The maximum atomic E-state index is 13.2. The van der Waals surface area contributed by atoms with Gasteiger partial charge in [0, 0.05) is 14.1 Å². The summed E-state index contributed by atoms with van der Waals surface area (Å²) in [5.74, 6) is -2.02. The Hall–Kier alpha value is -3.47. The van der Waals surface area contributed by atoms with E-state index >= 15 is 0 Å². The zero-order chi connectivity index (χ0) is 20.1. The highest BCUT2D eigenvalue weighted by molar-refractivity contribution is 7.07. The molecule has 0 saturated carbocycles. The number of aliphatic hydroxyl groups excluding tert-OH is 1. The van der Waals surface area contributed by atoms with Crippen molar-refractivity contribution in [3.8, 4) is 5.75 Å². The first kappa shape index (κ1) is 16.7. The maximum Gasteiger partial charge on any atom is 0.328 e. The summed E-state index contributed by atoms with van der Waals surface area (Å²) in [6.07, 6.45) is 1.34. The van der Waals surface area contributed by atoms with Crippen LogP contribution in [0.3, 0.4) is 0 Å². The van der Waals surface area contributed by atoms with E-state index in [1.54, 1.807) is 0 Å². The third-order valence-electron chi connectivity index (χ3n) is 5.27. The first-order valence-corrected chi connectivity index (χ1v) is 9.03. The molecule has 28 heavy (non-hydrogen) atoms. The van der Waals surface area contributed by atoms with E-state index < -0.39 is 46.9 Å². The van der Waals surface area contributed by atoms with Crippen molar-refractivity contribution < 1.29 is 24.6 Å². The molecule has 3 amide bonds. The summed E-state index contributed by atoms with van der Waals surface area (Å²) >= 11 is 0.946. The number of hydrogen-bond donors (Lipinski definition) is 2. The fraction of sp³-hybridized carbons (Fsp3) is 0.235. The van der Waals surface area contributed by atoms with Crippen LogP contribution in [0.25, 0.3) is 5.76 Å². The summed E-state index contributed by atoms with van der Waals surface area (Å²) in [7, 11) is 2.84. The Balaban J connectivity index is 1.95. The summed E-state index contributed by atoms with van der Waals surface area (Å²) < 4.78 is 1.48. The number of urea groups is 1. The molecule has 0 aromatic carbocycles. The predicted octanol–water partition coefficient (Wildman–Crippen LogP) is -1.22. The van der Waals surface area contributed by atoms with Gasteiger partial charge in [-0.15, -0.1) is 0 Å². The molecule has 5 rings (SSSR count). The summed E-state index contributed by atoms with van der Waals surface area (Å²) in [5, 5.41) is 20.4. The van der Waals surface area contributed by atoms with Crippen molar-refractivity contribution >= 4 is 34.8 Å². The molecule has 3 heterocycles. The number of aromatic nitrogens is 1. The van der Waals surface area contributed by atoms with Gasteiger partial charge in [0.25, 0.3) is 5.91 Å². The van der Waals surface area contributed by atoms with Gasteiger partial charge in [0.2, 0.25) is 5.43 Å². The Kier molecular flexibility index (Phi) is 3.02. The first-order chi connectivity index (χ1) is 13.2. The van der Waals surface area contributed by atoms with Gasteiger partial charge < -0.3 is 15.1 Å². The molecule has 2 aliphatic carbocycles. The minimum Gasteiger partial charge on any atom is -0.507 e. The molecule has 142 valence electrons. The van der Waals surface area contributed by atoms with E-state index in [0.29, 0.717) is 0 Å². The van der Waals surface area contributed by atoms with Gasteiger partial charge >= 0.3 is 6.03 Å². The molecule has 3 aliphatic heterocycles. The van der Waals surface area contributed by atoms with Crippen LogP contribution in [0, 0.1) is 9.88 Å². The van der Waals surface area contributed by atoms with Gasteiger partial charge in [0.15, 0.2) is 22.8 Å². The predicted molar refractivity (Wildman–Crippen MR) is 94.6 cm³/mol. The highest BCUT2D eigenvalue weighted by Gasteiger charge is 2.48. The normalized spacial score (nSPS) is 23.2. The molecular weight excluding hydrogens is 388 g/mol. The topological polar surface area (TPSA) is 133 Å². The van der Waals surface area contributed by atoms with E-state index in [1.165, 1.54) is 23.6 Å². The molecular formula is C17H12N4O6S. The number of fused-ring (bicyclic) bond motifs is 5. The number of hydrogen-bond acceptors (Lipinski definition) is 8. The van der Waals surface area contributed by atoms with Crippen LogP contribution in [-0.2, 0) is 4.79 Å². The van der Waals surface area contributed by atoms with E-state index in [-0.39, 0.29) is 25.5 Å². The minimum absolute atomic E-state index is 0.0355. The zero-order valence-electron chi connectivity index (χ0n) is 14.5. The number of nitrogens with zero attached hydrogens (tertiary/aromatic N) is 4. The lowest BCUT2D eigenvalue weighted by molar-refractivity contribution is -0.135. The Morgan fingerprint density at radius 1 is 1.11 bits per heavy atom. The number of imide groups is 1. The summed E-state index contributed by atoms with van der Waals surface area (Å²) in [6, 6.07) is -1.49. The molecule has 2 unspecified atom stereocenters. The third-order valence-corrected chi connectivity index (χ3v) is 6.34. The van der Waals surface area contributed by atoms with Crippen molar-refractivity contribution in [2.24, 2.45) is 4.99 Å². The van der Waals surface area contributed by atoms with Crippen molar-refractivity contribution in [2.75, 3.05) is 14.1 Å². The lowest BCUT2D eigenvalue weighted by Crippen LogP contribution is -2.57. The summed E-state index contributed by atoms with van der Waals surface area (Å²) in [4.78, 5) is 57.2. The second kappa shape index (κ2) is 5.07. The largest absolute Gasteiger partial charge is 0.507 e. The molecule has 10 nitrogen and oxygen atoms in total. The molecule has 2 atom stereocenters. The number of allylic oxidation sites excluding steroid dienone is 1. The fourth-order valence-corrected chi connectivity index (χ4v) is 5.01. The van der Waals surface area contributed by atoms with Gasteiger partial charge in [-0.1, -0.05) is 11.3 Å². The van der Waals surface area contributed by atoms with Crippen molar-refractivity contribution in [3.05, 3.63) is 47.8 Å². The van der Waals surface area contributed by atoms with Crippen LogP contribution in [0.2, 0.25) is 0 Å². The lowest BCUT2D eigenvalue weighted by atomic mass is 10.0. The van der Waals surface area contributed by atoms with Crippen molar-refractivity contribution in [2.45, 2.75) is 12.2 Å². The number of ketones is 1. The Bertz CT molecular complexity index is 1420. The molecule has 0 aromatic rings. The van der Waals surface area contributed by atoms with E-state index in [4.69, 9.17) is 0 Å². The fourth-order valence-electron chi connectivity index (χ4n) is 3.88. The van der Waals surface area contributed by atoms with Crippen LogP contribution in [0.1, 0.15) is 16.4 Å². The molecule has 1 saturated heterocycles. The number of rotatable bonds is 0. The molecule has 0 bridgehead atoms. The van der Waals surface area contributed by atoms with E-state index in [0.717, 1.165) is 28.4 Å². The molecule has 1 fully saturated rings. The average Bonchev–Trinajstić information content (AvgIpc) is 3.21. The second-order valence-electron chi connectivity index (χ2n) is 6.72. The Labute approximate surface area is 159 Å². The number of carbonyl (C=O) groups is 3. The smallest absolute Gasteiger partial charge is 0.328 e. The van der Waals surface area contributed by atoms with Crippen LogP contribution in [0.5, 0.6) is 5.75 Å². The SMILES string of the molecule is CN1C(=O)C2C(N=c3sc4c(O)c5c(c(=O)c=4n32)=C(O)C=CC5=O)N(C)C1=O. The Morgan fingerprint density at radius 3 is 2.54 bits per heavy atom.